The lowest BCUT2D eigenvalue weighted by Crippen LogP contribution is -2.39. The summed E-state index contributed by atoms with van der Waals surface area (Å²) in [5.74, 6) is -3.11. The van der Waals surface area contributed by atoms with E-state index in [0.29, 0.717) is 11.3 Å². The van der Waals surface area contributed by atoms with E-state index in [0.717, 1.165) is 0 Å². The van der Waals surface area contributed by atoms with Gasteiger partial charge in [0.25, 0.3) is 0 Å². The summed E-state index contributed by atoms with van der Waals surface area (Å²) in [4.78, 5) is 34.9. The van der Waals surface area contributed by atoms with E-state index in [2.05, 4.69) is 5.32 Å². The van der Waals surface area contributed by atoms with Crippen LogP contribution in [-0.2, 0) is 14.3 Å². The standard InChI is InChI=1S/C16H15NO5/c1-8(18)9-2-4-10(5-3-9)17-15(19)13-11-6-7-12(22-11)14(13)16(20)21/h2-7,11-14H,1H3,(H,17,19)(H,20,21)/t11-,12-,13-,14-/m1/s1. The van der Waals surface area contributed by atoms with Gasteiger partial charge in [-0.1, -0.05) is 12.2 Å². The maximum absolute atomic E-state index is 12.4. The summed E-state index contributed by atoms with van der Waals surface area (Å²) in [6.07, 6.45) is 2.38. The average Bonchev–Trinajstić information content (AvgIpc) is 3.08. The van der Waals surface area contributed by atoms with Crippen LogP contribution in [-0.4, -0.2) is 35.0 Å². The van der Waals surface area contributed by atoms with Crippen molar-refractivity contribution in [3.63, 3.8) is 0 Å². The van der Waals surface area contributed by atoms with E-state index in [9.17, 15) is 19.5 Å². The highest BCUT2D eigenvalue weighted by molar-refractivity contribution is 5.98. The molecule has 1 aromatic carbocycles. The van der Waals surface area contributed by atoms with E-state index < -0.39 is 30.0 Å². The number of hydrogen-bond acceptors (Lipinski definition) is 4. The zero-order valence-electron chi connectivity index (χ0n) is 11.9. The van der Waals surface area contributed by atoms with Gasteiger partial charge in [0, 0.05) is 11.3 Å². The van der Waals surface area contributed by atoms with Crippen LogP contribution in [0, 0.1) is 11.8 Å². The number of anilines is 1. The molecule has 0 saturated carbocycles. The number of carboxylic acid groups (broad SMARTS) is 1. The molecule has 22 heavy (non-hydrogen) atoms. The molecule has 1 saturated heterocycles. The van der Waals surface area contributed by atoms with Crippen molar-refractivity contribution in [2.75, 3.05) is 5.32 Å². The van der Waals surface area contributed by atoms with Crippen LogP contribution in [0.2, 0.25) is 0 Å². The maximum atomic E-state index is 12.4. The smallest absolute Gasteiger partial charge is 0.310 e. The van der Waals surface area contributed by atoms with Gasteiger partial charge >= 0.3 is 5.97 Å². The number of benzene rings is 1. The predicted octanol–water partition coefficient (Wildman–Crippen LogP) is 1.48. The summed E-state index contributed by atoms with van der Waals surface area (Å²) in [5.41, 5.74) is 1.07. The second kappa shape index (κ2) is 5.38. The summed E-state index contributed by atoms with van der Waals surface area (Å²) in [6.45, 7) is 1.46. The van der Waals surface area contributed by atoms with Crippen molar-refractivity contribution in [1.29, 1.82) is 0 Å². The summed E-state index contributed by atoms with van der Waals surface area (Å²) in [5, 5.41) is 12.0. The lowest BCUT2D eigenvalue weighted by Gasteiger charge is -2.21. The van der Waals surface area contributed by atoms with Crippen molar-refractivity contribution in [3.8, 4) is 0 Å². The van der Waals surface area contributed by atoms with Crippen LogP contribution in [0.5, 0.6) is 0 Å². The Balaban J connectivity index is 1.75. The molecule has 1 fully saturated rings. The molecule has 2 bridgehead atoms. The van der Waals surface area contributed by atoms with E-state index in [-0.39, 0.29) is 11.7 Å². The number of rotatable bonds is 4. The van der Waals surface area contributed by atoms with Crippen molar-refractivity contribution in [2.24, 2.45) is 11.8 Å². The number of carbonyl (C=O) groups excluding carboxylic acids is 2. The van der Waals surface area contributed by atoms with Gasteiger partial charge in [0.15, 0.2) is 5.78 Å². The summed E-state index contributed by atoms with van der Waals surface area (Å²) < 4.78 is 5.47. The molecule has 6 heteroatoms. The number of amides is 1. The van der Waals surface area contributed by atoms with Crippen molar-refractivity contribution < 1.29 is 24.2 Å². The Morgan fingerprint density at radius 2 is 1.64 bits per heavy atom. The van der Waals surface area contributed by atoms with Crippen molar-refractivity contribution in [2.45, 2.75) is 19.1 Å². The first-order valence-electron chi connectivity index (χ1n) is 6.96. The molecule has 4 atom stereocenters. The third kappa shape index (κ3) is 2.42. The molecule has 1 amide bonds. The molecule has 1 aromatic rings. The van der Waals surface area contributed by atoms with Gasteiger partial charge < -0.3 is 15.2 Å². The quantitative estimate of drug-likeness (QED) is 0.649. The Morgan fingerprint density at radius 1 is 1.05 bits per heavy atom. The van der Waals surface area contributed by atoms with Crippen molar-refractivity contribution in [3.05, 3.63) is 42.0 Å². The van der Waals surface area contributed by atoms with E-state index in [1.54, 1.807) is 36.4 Å². The fourth-order valence-corrected chi connectivity index (χ4v) is 2.93. The van der Waals surface area contributed by atoms with Crippen LogP contribution in [0.25, 0.3) is 0 Å². The highest BCUT2D eigenvalue weighted by Crippen LogP contribution is 2.39. The number of carbonyl (C=O) groups is 3. The minimum absolute atomic E-state index is 0.0598. The Bertz CT molecular complexity index is 664. The van der Waals surface area contributed by atoms with Gasteiger partial charge in [-0.3, -0.25) is 14.4 Å². The highest BCUT2D eigenvalue weighted by atomic mass is 16.5. The number of fused-ring (bicyclic) bond motifs is 2. The lowest BCUT2D eigenvalue weighted by molar-refractivity contribution is -0.145. The van der Waals surface area contributed by atoms with Gasteiger partial charge in [-0.2, -0.15) is 0 Å². The lowest BCUT2D eigenvalue weighted by atomic mass is 9.82. The third-order valence-corrected chi connectivity index (χ3v) is 4.05. The Kier molecular flexibility index (Phi) is 3.54. The normalized spacial score (nSPS) is 28.6. The summed E-state index contributed by atoms with van der Waals surface area (Å²) in [7, 11) is 0. The molecule has 3 rings (SSSR count). The fourth-order valence-electron chi connectivity index (χ4n) is 2.93. The van der Waals surface area contributed by atoms with Gasteiger partial charge in [0.2, 0.25) is 5.91 Å². The summed E-state index contributed by atoms with van der Waals surface area (Å²) in [6, 6.07) is 6.47. The van der Waals surface area contributed by atoms with Crippen LogP contribution >= 0.6 is 0 Å². The van der Waals surface area contributed by atoms with Gasteiger partial charge in [-0.25, -0.2) is 0 Å². The van der Waals surface area contributed by atoms with Crippen LogP contribution in [0.4, 0.5) is 5.69 Å². The second-order valence-corrected chi connectivity index (χ2v) is 5.46. The molecule has 2 N–H and O–H groups in total. The number of nitrogens with one attached hydrogen (secondary N) is 1. The number of Topliss-reactive ketones (excluding diaryl/α,β-unsaturated/α-hetero) is 1. The molecule has 0 aliphatic carbocycles. The SMILES string of the molecule is CC(=O)c1ccc(NC(=O)[C@H]2[C@H](C(=O)O)[C@H]3C=C[C@H]2O3)cc1. The molecule has 2 heterocycles. The number of carboxylic acids is 1. The van der Waals surface area contributed by atoms with Gasteiger partial charge in [0.1, 0.15) is 5.92 Å². The number of aliphatic carboxylic acids is 1. The molecule has 0 radical (unpaired) electrons. The Hall–Kier alpha value is -2.47. The molecular weight excluding hydrogens is 286 g/mol. The topological polar surface area (TPSA) is 92.7 Å². The molecule has 0 aromatic heterocycles. The van der Waals surface area contributed by atoms with Crippen LogP contribution < -0.4 is 5.32 Å². The van der Waals surface area contributed by atoms with Crippen molar-refractivity contribution in [1.82, 2.24) is 0 Å². The number of ketones is 1. The predicted molar refractivity (Wildman–Crippen MR) is 77.5 cm³/mol. The van der Waals surface area contributed by atoms with Crippen molar-refractivity contribution >= 4 is 23.3 Å². The van der Waals surface area contributed by atoms with E-state index in [1.807, 2.05) is 0 Å². The number of ether oxygens (including phenoxy) is 1. The first-order chi connectivity index (χ1) is 10.5. The number of hydrogen-bond donors (Lipinski definition) is 2. The van der Waals surface area contributed by atoms with Crippen LogP contribution in [0.3, 0.4) is 0 Å². The first-order valence-corrected chi connectivity index (χ1v) is 6.96. The van der Waals surface area contributed by atoms with Crippen LogP contribution in [0.1, 0.15) is 17.3 Å². The second-order valence-electron chi connectivity index (χ2n) is 5.46. The molecule has 2 aliphatic heterocycles. The van der Waals surface area contributed by atoms with Gasteiger partial charge in [-0.15, -0.1) is 0 Å². The molecule has 6 nitrogen and oxygen atoms in total. The minimum Gasteiger partial charge on any atom is -0.481 e. The Morgan fingerprint density at radius 3 is 2.18 bits per heavy atom. The average molecular weight is 301 g/mol. The zero-order chi connectivity index (χ0) is 15.9. The third-order valence-electron chi connectivity index (χ3n) is 4.05. The molecule has 0 spiro atoms. The first kappa shape index (κ1) is 14.5. The minimum atomic E-state index is -1.04. The monoisotopic (exact) mass is 301 g/mol. The highest BCUT2D eigenvalue weighted by Gasteiger charge is 2.53. The zero-order valence-corrected chi connectivity index (χ0v) is 11.9. The van der Waals surface area contributed by atoms with E-state index >= 15 is 0 Å². The molecule has 2 aliphatic rings. The van der Waals surface area contributed by atoms with E-state index in [1.165, 1.54) is 6.92 Å². The van der Waals surface area contributed by atoms with Gasteiger partial charge in [-0.05, 0) is 31.2 Å². The Labute approximate surface area is 126 Å². The van der Waals surface area contributed by atoms with Crippen LogP contribution in [0.15, 0.2) is 36.4 Å². The maximum Gasteiger partial charge on any atom is 0.310 e. The molecule has 114 valence electrons. The van der Waals surface area contributed by atoms with Gasteiger partial charge in [0.05, 0.1) is 18.1 Å². The molecular formula is C16H15NO5. The van der Waals surface area contributed by atoms with E-state index in [4.69, 9.17) is 4.74 Å². The fraction of sp³-hybridized carbons (Fsp3) is 0.312. The molecule has 0 unspecified atom stereocenters. The largest absolute Gasteiger partial charge is 0.481 e. The summed E-state index contributed by atoms with van der Waals surface area (Å²) >= 11 is 0.